The molecular weight excluding hydrogens is 444 g/mol. The lowest BCUT2D eigenvalue weighted by Crippen LogP contribution is -2.32. The molecule has 10 nitrogen and oxygen atoms in total. The highest BCUT2D eigenvalue weighted by molar-refractivity contribution is 5.76. The quantitative estimate of drug-likeness (QED) is 0.303. The number of H-pyrrole nitrogens is 1. The number of aromatic nitrogens is 8. The van der Waals surface area contributed by atoms with Crippen molar-refractivity contribution in [1.29, 1.82) is 0 Å². The van der Waals surface area contributed by atoms with Crippen LogP contribution >= 0.6 is 0 Å². The van der Waals surface area contributed by atoms with Gasteiger partial charge < -0.3 is 9.47 Å². The third-order valence-corrected chi connectivity index (χ3v) is 6.04. The fourth-order valence-electron chi connectivity index (χ4n) is 4.11. The van der Waals surface area contributed by atoms with Crippen LogP contribution in [0.3, 0.4) is 0 Å². The summed E-state index contributed by atoms with van der Waals surface area (Å²) in [5.74, 6) is 1.12. The van der Waals surface area contributed by atoms with Gasteiger partial charge in [-0.3, -0.25) is 4.98 Å². The van der Waals surface area contributed by atoms with E-state index in [0.717, 1.165) is 54.0 Å². The van der Waals surface area contributed by atoms with Gasteiger partial charge in [0.1, 0.15) is 5.82 Å². The van der Waals surface area contributed by atoms with Crippen molar-refractivity contribution >= 4 is 0 Å². The predicted octanol–water partition coefficient (Wildman–Crippen LogP) is 4.16. The number of aryl methyl sites for hydroxylation is 1. The molecule has 0 saturated heterocycles. The van der Waals surface area contributed by atoms with Crippen LogP contribution in [0.1, 0.15) is 56.7 Å². The summed E-state index contributed by atoms with van der Waals surface area (Å²) in [6.45, 7) is 5.05. The molecule has 0 spiro atoms. The maximum atomic E-state index is 5.79. The van der Waals surface area contributed by atoms with E-state index >= 15 is 0 Å². The van der Waals surface area contributed by atoms with Crippen LogP contribution in [0.4, 0.5) is 0 Å². The number of nitrogens with zero attached hydrogens (tertiary/aromatic N) is 7. The minimum Gasteiger partial charge on any atom is -0.347 e. The van der Waals surface area contributed by atoms with Gasteiger partial charge in [-0.15, -0.1) is 5.10 Å². The normalized spacial score (nSPS) is 11.8. The Labute approximate surface area is 205 Å². The number of ether oxygens (including phenoxy) is 2. The van der Waals surface area contributed by atoms with Gasteiger partial charge in [-0.25, -0.2) is 14.8 Å². The van der Waals surface area contributed by atoms with Crippen LogP contribution in [-0.2, 0) is 28.2 Å². The topological polar surface area (TPSA) is 117 Å². The van der Waals surface area contributed by atoms with E-state index in [9.17, 15) is 0 Å². The molecule has 0 bridgehead atoms. The van der Waals surface area contributed by atoms with Crippen molar-refractivity contribution < 1.29 is 9.47 Å². The van der Waals surface area contributed by atoms with E-state index in [4.69, 9.17) is 19.6 Å². The van der Waals surface area contributed by atoms with Crippen molar-refractivity contribution in [2.24, 2.45) is 0 Å². The van der Waals surface area contributed by atoms with Crippen LogP contribution in [0.25, 0.3) is 22.6 Å². The summed E-state index contributed by atoms with van der Waals surface area (Å²) < 4.78 is 13.6. The van der Waals surface area contributed by atoms with Crippen LogP contribution in [0.15, 0.2) is 42.6 Å². The molecule has 0 radical (unpaired) electrons. The molecule has 0 aliphatic heterocycles. The smallest absolute Gasteiger partial charge is 0.231 e. The molecule has 3 heterocycles. The van der Waals surface area contributed by atoms with Crippen molar-refractivity contribution in [1.82, 2.24) is 40.4 Å². The van der Waals surface area contributed by atoms with Gasteiger partial charge in [0.25, 0.3) is 0 Å². The van der Waals surface area contributed by atoms with Crippen LogP contribution < -0.4 is 0 Å². The molecule has 0 unspecified atom stereocenters. The number of rotatable bonds is 12. The van der Waals surface area contributed by atoms with Gasteiger partial charge in [0.2, 0.25) is 11.6 Å². The minimum absolute atomic E-state index is 0.579. The summed E-state index contributed by atoms with van der Waals surface area (Å²) in [5.41, 5.74) is 3.77. The number of pyridine rings is 1. The molecule has 1 N–H and O–H groups in total. The first-order chi connectivity index (χ1) is 17.1. The first-order valence-electron chi connectivity index (χ1n) is 12.0. The molecule has 0 amide bonds. The minimum atomic E-state index is -0.932. The Morgan fingerprint density at radius 2 is 1.83 bits per heavy atom. The highest BCUT2D eigenvalue weighted by atomic mass is 16.7. The lowest BCUT2D eigenvalue weighted by atomic mass is 10.0. The Bertz CT molecular complexity index is 1200. The highest BCUT2D eigenvalue weighted by Gasteiger charge is 2.37. The number of tetrazole rings is 1. The third kappa shape index (κ3) is 5.28. The van der Waals surface area contributed by atoms with E-state index in [0.29, 0.717) is 24.5 Å². The SMILES string of the molecule is CCCCC(OC)(OC)c1nc(Cc2ccc(-c3ncccc3-c3nnn[nH]3)cc2)n(CCC)n1. The van der Waals surface area contributed by atoms with Crippen molar-refractivity contribution in [2.75, 3.05) is 14.2 Å². The van der Waals surface area contributed by atoms with Crippen molar-refractivity contribution in [3.8, 4) is 22.6 Å². The van der Waals surface area contributed by atoms with E-state index < -0.39 is 5.79 Å². The number of unbranched alkanes of at least 4 members (excludes halogenated alkanes) is 1. The molecule has 0 fully saturated rings. The molecule has 35 heavy (non-hydrogen) atoms. The van der Waals surface area contributed by atoms with Crippen LogP contribution in [0.5, 0.6) is 0 Å². The number of benzene rings is 1. The Morgan fingerprint density at radius 3 is 2.49 bits per heavy atom. The number of methoxy groups -OCH3 is 2. The van der Waals surface area contributed by atoms with Crippen molar-refractivity contribution in [2.45, 2.75) is 58.3 Å². The molecule has 184 valence electrons. The van der Waals surface area contributed by atoms with Gasteiger partial charge in [0.15, 0.2) is 5.82 Å². The molecule has 1 aromatic carbocycles. The zero-order valence-corrected chi connectivity index (χ0v) is 20.7. The van der Waals surface area contributed by atoms with Crippen LogP contribution in [0, 0.1) is 0 Å². The Morgan fingerprint density at radius 1 is 1.03 bits per heavy atom. The molecule has 3 aromatic heterocycles. The second-order valence-corrected chi connectivity index (χ2v) is 8.36. The molecule has 0 atom stereocenters. The number of nitrogens with one attached hydrogen (secondary N) is 1. The van der Waals surface area contributed by atoms with Gasteiger partial charge >= 0.3 is 0 Å². The zero-order chi connectivity index (χ0) is 24.7. The maximum absolute atomic E-state index is 5.79. The summed E-state index contributed by atoms with van der Waals surface area (Å²) >= 11 is 0. The fourth-order valence-corrected chi connectivity index (χ4v) is 4.11. The fraction of sp³-hybridized carbons (Fsp3) is 0.440. The van der Waals surface area contributed by atoms with E-state index in [1.54, 1.807) is 20.4 Å². The van der Waals surface area contributed by atoms with E-state index in [1.807, 2.05) is 16.8 Å². The molecule has 4 aromatic rings. The standard InChI is InChI=1S/C25H32N8O2/c1-5-7-14-25(34-3,35-4)24-27-21(33(30-24)16-6-2)17-18-10-12-19(13-11-18)22-20(9-8-15-26-22)23-28-31-32-29-23/h8-13,15H,5-7,14,16-17H2,1-4H3,(H,28,29,31,32). The molecule has 4 rings (SSSR count). The summed E-state index contributed by atoms with van der Waals surface area (Å²) in [6, 6.07) is 12.1. The average molecular weight is 477 g/mol. The number of hydrogen-bond acceptors (Lipinski definition) is 8. The zero-order valence-electron chi connectivity index (χ0n) is 20.7. The van der Waals surface area contributed by atoms with E-state index in [1.165, 1.54) is 0 Å². The van der Waals surface area contributed by atoms with Crippen molar-refractivity contribution in [3.63, 3.8) is 0 Å². The van der Waals surface area contributed by atoms with Gasteiger partial charge in [0, 0.05) is 50.9 Å². The van der Waals surface area contributed by atoms with Gasteiger partial charge in [0.05, 0.1) is 5.69 Å². The monoisotopic (exact) mass is 476 g/mol. The van der Waals surface area contributed by atoms with Crippen LogP contribution in [-0.4, -0.2) is 54.6 Å². The predicted molar refractivity (Wildman–Crippen MR) is 131 cm³/mol. The number of hydrogen-bond donors (Lipinski definition) is 1. The van der Waals surface area contributed by atoms with E-state index in [-0.39, 0.29) is 0 Å². The first-order valence-corrected chi connectivity index (χ1v) is 12.0. The lowest BCUT2D eigenvalue weighted by Gasteiger charge is -2.27. The van der Waals surface area contributed by atoms with Gasteiger partial charge in [-0.05, 0) is 41.0 Å². The van der Waals surface area contributed by atoms with Crippen molar-refractivity contribution in [3.05, 3.63) is 59.8 Å². The Hall–Kier alpha value is -3.50. The molecule has 0 saturated carbocycles. The molecular formula is C25H32N8O2. The second kappa shape index (κ2) is 11.3. The lowest BCUT2D eigenvalue weighted by molar-refractivity contribution is -0.226. The summed E-state index contributed by atoms with van der Waals surface area (Å²) in [6.07, 6.45) is 6.06. The average Bonchev–Trinajstić information content (AvgIpc) is 3.57. The second-order valence-electron chi connectivity index (χ2n) is 8.36. The summed E-state index contributed by atoms with van der Waals surface area (Å²) in [7, 11) is 3.30. The largest absolute Gasteiger partial charge is 0.347 e. The summed E-state index contributed by atoms with van der Waals surface area (Å²) in [5, 5.41) is 19.0. The maximum Gasteiger partial charge on any atom is 0.231 e. The summed E-state index contributed by atoms with van der Waals surface area (Å²) in [4.78, 5) is 9.44. The Kier molecular flexibility index (Phi) is 7.94. The van der Waals surface area contributed by atoms with Gasteiger partial charge in [-0.2, -0.15) is 5.10 Å². The Balaban J connectivity index is 1.61. The van der Waals surface area contributed by atoms with Crippen LogP contribution in [0.2, 0.25) is 0 Å². The molecule has 10 heteroatoms. The number of aromatic amines is 1. The first kappa shape index (κ1) is 24.6. The van der Waals surface area contributed by atoms with E-state index in [2.05, 4.69) is 63.7 Å². The molecule has 0 aliphatic rings. The van der Waals surface area contributed by atoms with Gasteiger partial charge in [-0.1, -0.05) is 44.5 Å². The third-order valence-electron chi connectivity index (χ3n) is 6.04. The highest BCUT2D eigenvalue weighted by Crippen LogP contribution is 2.31. The molecule has 0 aliphatic carbocycles.